The van der Waals surface area contributed by atoms with Gasteiger partial charge in [0.15, 0.2) is 0 Å². The van der Waals surface area contributed by atoms with Gasteiger partial charge in [0.05, 0.1) is 6.61 Å². The number of hydrogen-bond acceptors (Lipinski definition) is 4. The largest absolute Gasteiger partial charge is 0.466 e. The summed E-state index contributed by atoms with van der Waals surface area (Å²) in [6, 6.07) is 4.31. The van der Waals surface area contributed by atoms with Gasteiger partial charge in [0, 0.05) is 22.9 Å². The van der Waals surface area contributed by atoms with E-state index >= 15 is 0 Å². The molecule has 0 amide bonds. The maximum Gasteiger partial charge on any atom is 0.306 e. The molecule has 0 N–H and O–H groups in total. The first-order valence-electron chi connectivity index (χ1n) is 10.3. The van der Waals surface area contributed by atoms with Gasteiger partial charge in [-0.15, -0.1) is 0 Å². The molecule has 0 unspecified atom stereocenters. The minimum atomic E-state index is -0.348. The summed E-state index contributed by atoms with van der Waals surface area (Å²) in [6.45, 7) is 2.74. The summed E-state index contributed by atoms with van der Waals surface area (Å²) in [5, 5.41) is 0. The highest BCUT2D eigenvalue weighted by Gasteiger charge is 2.07. The Hall–Kier alpha value is -1.43. The van der Waals surface area contributed by atoms with Gasteiger partial charge in [-0.1, -0.05) is 61.4 Å². The molecule has 0 aliphatic rings. The predicted octanol–water partition coefficient (Wildman–Crippen LogP) is 6.49. The molecule has 0 aromatic heterocycles. The third-order valence-electron chi connectivity index (χ3n) is 4.42. The van der Waals surface area contributed by atoms with Crippen molar-refractivity contribution in [1.29, 1.82) is 0 Å². The van der Waals surface area contributed by atoms with Crippen LogP contribution < -0.4 is 0 Å². The maximum atomic E-state index is 13.2. The van der Waals surface area contributed by atoms with Crippen LogP contribution in [0, 0.1) is 5.82 Å². The van der Waals surface area contributed by atoms with Gasteiger partial charge in [-0.2, -0.15) is 0 Å². The van der Waals surface area contributed by atoms with Crippen molar-refractivity contribution in [1.82, 2.24) is 0 Å². The van der Waals surface area contributed by atoms with E-state index in [2.05, 4.69) is 22.9 Å². The van der Waals surface area contributed by atoms with E-state index in [4.69, 9.17) is 9.47 Å². The lowest BCUT2D eigenvalue weighted by Gasteiger charge is -2.07. The number of benzene rings is 1. The molecule has 0 radical (unpaired) electrons. The van der Waals surface area contributed by atoms with Crippen molar-refractivity contribution in [3.63, 3.8) is 0 Å². The fourth-order valence-electron chi connectivity index (χ4n) is 2.74. The van der Waals surface area contributed by atoms with Crippen LogP contribution >= 0.6 is 15.9 Å². The monoisotopic (exact) mass is 458 g/mol. The summed E-state index contributed by atoms with van der Waals surface area (Å²) in [6.07, 6.45) is 9.73. The molecule has 0 fully saturated rings. The van der Waals surface area contributed by atoms with Crippen molar-refractivity contribution >= 4 is 27.9 Å². The molecular formula is C22H32BrFO4. The minimum absolute atomic E-state index is 0.0751. The quantitative estimate of drug-likeness (QED) is 0.222. The van der Waals surface area contributed by atoms with E-state index in [1.54, 1.807) is 6.07 Å². The van der Waals surface area contributed by atoms with E-state index < -0.39 is 0 Å². The highest BCUT2D eigenvalue weighted by atomic mass is 79.9. The minimum Gasteiger partial charge on any atom is -0.466 e. The van der Waals surface area contributed by atoms with Crippen molar-refractivity contribution in [2.24, 2.45) is 0 Å². The molecule has 0 heterocycles. The van der Waals surface area contributed by atoms with Gasteiger partial charge < -0.3 is 9.47 Å². The summed E-state index contributed by atoms with van der Waals surface area (Å²) in [4.78, 5) is 23.3. The Morgan fingerprint density at radius 1 is 0.893 bits per heavy atom. The van der Waals surface area contributed by atoms with Crippen LogP contribution in [0.4, 0.5) is 4.39 Å². The molecule has 1 aromatic rings. The maximum absolute atomic E-state index is 13.2. The third-order valence-corrected chi connectivity index (χ3v) is 5.19. The number of unbranched alkanes of at least 4 members (excludes halogenated alkanes) is 7. The molecule has 28 heavy (non-hydrogen) atoms. The molecule has 0 aliphatic carbocycles. The summed E-state index contributed by atoms with van der Waals surface area (Å²) < 4.78 is 24.3. The average Bonchev–Trinajstić information content (AvgIpc) is 2.68. The smallest absolute Gasteiger partial charge is 0.306 e. The second kappa shape index (κ2) is 15.5. The van der Waals surface area contributed by atoms with Crippen molar-refractivity contribution < 1.29 is 23.5 Å². The number of rotatable bonds is 15. The van der Waals surface area contributed by atoms with E-state index in [0.29, 0.717) is 25.0 Å². The van der Waals surface area contributed by atoms with Gasteiger partial charge in [0.2, 0.25) is 0 Å². The molecule has 4 nitrogen and oxygen atoms in total. The van der Waals surface area contributed by atoms with E-state index in [9.17, 15) is 14.0 Å². The third kappa shape index (κ3) is 12.1. The number of esters is 2. The molecule has 0 atom stereocenters. The van der Waals surface area contributed by atoms with E-state index in [-0.39, 0.29) is 24.4 Å². The number of carbonyl (C=O) groups excluding carboxylic acids is 2. The molecule has 158 valence electrons. The molecule has 1 aromatic carbocycles. The van der Waals surface area contributed by atoms with Crippen molar-refractivity contribution in [2.75, 3.05) is 6.61 Å². The van der Waals surface area contributed by atoms with E-state index in [1.807, 2.05) is 0 Å². The van der Waals surface area contributed by atoms with Crippen LogP contribution in [0.15, 0.2) is 22.7 Å². The Bertz CT molecular complexity index is 592. The van der Waals surface area contributed by atoms with Crippen molar-refractivity contribution in [3.8, 4) is 0 Å². The van der Waals surface area contributed by atoms with Crippen LogP contribution in [-0.2, 0) is 25.7 Å². The lowest BCUT2D eigenvalue weighted by atomic mass is 10.1. The SMILES string of the molecule is CCCCCOC(=O)CCCCCCCCC(=O)OCc1cc(F)ccc1Br. The molecule has 6 heteroatoms. The zero-order valence-electron chi connectivity index (χ0n) is 16.8. The molecular weight excluding hydrogens is 427 g/mol. The van der Waals surface area contributed by atoms with Crippen molar-refractivity contribution in [2.45, 2.75) is 84.2 Å². The Balaban J connectivity index is 1.96. The highest BCUT2D eigenvalue weighted by Crippen LogP contribution is 2.19. The highest BCUT2D eigenvalue weighted by molar-refractivity contribution is 9.10. The van der Waals surface area contributed by atoms with Crippen LogP contribution in [0.2, 0.25) is 0 Å². The second-order valence-corrected chi connectivity index (χ2v) is 7.80. The molecule has 0 saturated heterocycles. The normalized spacial score (nSPS) is 10.7. The Kier molecular flexibility index (Phi) is 13.6. The number of hydrogen-bond donors (Lipinski definition) is 0. The van der Waals surface area contributed by atoms with Crippen LogP contribution in [0.25, 0.3) is 0 Å². The van der Waals surface area contributed by atoms with E-state index in [1.165, 1.54) is 12.1 Å². The zero-order chi connectivity index (χ0) is 20.6. The van der Waals surface area contributed by atoms with Crippen molar-refractivity contribution in [3.05, 3.63) is 34.1 Å². The fraction of sp³-hybridized carbons (Fsp3) is 0.636. The average molecular weight is 459 g/mol. The van der Waals surface area contributed by atoms with Crippen LogP contribution in [-0.4, -0.2) is 18.5 Å². The summed E-state index contributed by atoms with van der Waals surface area (Å²) in [7, 11) is 0. The standard InChI is InChI=1S/C22H32BrFO4/c1-2-3-10-15-27-21(25)11-8-6-4-5-7-9-12-22(26)28-17-18-16-19(24)13-14-20(18)23/h13-14,16H,2-12,15,17H2,1H3. The summed E-state index contributed by atoms with van der Waals surface area (Å²) in [5.74, 6) is -0.704. The molecule has 0 saturated carbocycles. The zero-order valence-corrected chi connectivity index (χ0v) is 18.4. The summed E-state index contributed by atoms with van der Waals surface area (Å²) in [5.41, 5.74) is 0.622. The van der Waals surface area contributed by atoms with Crippen LogP contribution in [0.5, 0.6) is 0 Å². The number of carbonyl (C=O) groups is 2. The molecule has 0 spiro atoms. The van der Waals surface area contributed by atoms with Gasteiger partial charge in [-0.25, -0.2) is 4.39 Å². The predicted molar refractivity (Wildman–Crippen MR) is 111 cm³/mol. The molecule has 0 bridgehead atoms. The second-order valence-electron chi connectivity index (χ2n) is 6.95. The van der Waals surface area contributed by atoms with Gasteiger partial charge in [-0.3, -0.25) is 9.59 Å². The lowest BCUT2D eigenvalue weighted by molar-refractivity contribution is -0.145. The first-order chi connectivity index (χ1) is 13.5. The lowest BCUT2D eigenvalue weighted by Crippen LogP contribution is -2.05. The van der Waals surface area contributed by atoms with E-state index in [0.717, 1.165) is 62.3 Å². The Morgan fingerprint density at radius 2 is 1.50 bits per heavy atom. The van der Waals surface area contributed by atoms with Gasteiger partial charge >= 0.3 is 11.9 Å². The van der Waals surface area contributed by atoms with Crippen LogP contribution in [0.3, 0.4) is 0 Å². The first kappa shape index (κ1) is 24.6. The van der Waals surface area contributed by atoms with Crippen LogP contribution in [0.1, 0.15) is 83.1 Å². The van der Waals surface area contributed by atoms with Gasteiger partial charge in [-0.05, 0) is 37.5 Å². The number of halogens is 2. The Morgan fingerprint density at radius 3 is 2.14 bits per heavy atom. The molecule has 1 rings (SSSR count). The molecule has 0 aliphatic heterocycles. The number of ether oxygens (including phenoxy) is 2. The fourth-order valence-corrected chi connectivity index (χ4v) is 3.10. The first-order valence-corrected chi connectivity index (χ1v) is 11.1. The summed E-state index contributed by atoms with van der Waals surface area (Å²) >= 11 is 3.31. The Labute approximate surface area is 176 Å². The van der Waals surface area contributed by atoms with Gasteiger partial charge in [0.25, 0.3) is 0 Å². The van der Waals surface area contributed by atoms with Gasteiger partial charge in [0.1, 0.15) is 12.4 Å². The topological polar surface area (TPSA) is 52.6 Å².